The highest BCUT2D eigenvalue weighted by Crippen LogP contribution is 2.33. The maximum absolute atomic E-state index is 11.8. The minimum atomic E-state index is -0.886. The maximum Gasteiger partial charge on any atom is 0.305 e. The Morgan fingerprint density at radius 2 is 2.11 bits per heavy atom. The summed E-state index contributed by atoms with van der Waals surface area (Å²) < 4.78 is 0. The molecule has 1 aliphatic carbocycles. The van der Waals surface area contributed by atoms with Gasteiger partial charge in [0.1, 0.15) is 0 Å². The number of carboxylic acids is 1. The van der Waals surface area contributed by atoms with E-state index in [9.17, 15) is 9.59 Å². The van der Waals surface area contributed by atoms with Crippen molar-refractivity contribution in [2.45, 2.75) is 38.0 Å². The third kappa shape index (κ3) is 3.81. The lowest BCUT2D eigenvalue weighted by Crippen LogP contribution is -2.28. The number of carboxylic acid groups (broad SMARTS) is 1. The number of aliphatic carboxylic acids is 1. The van der Waals surface area contributed by atoms with E-state index in [1.165, 1.54) is 11.1 Å². The zero-order valence-corrected chi connectivity index (χ0v) is 10.9. The van der Waals surface area contributed by atoms with Crippen molar-refractivity contribution in [1.82, 2.24) is 5.32 Å². The lowest BCUT2D eigenvalue weighted by atomic mass is 9.81. The van der Waals surface area contributed by atoms with Crippen molar-refractivity contribution in [3.8, 4) is 0 Å². The van der Waals surface area contributed by atoms with Gasteiger partial charge < -0.3 is 10.4 Å². The number of hydrogen-bond acceptors (Lipinski definition) is 2. The zero-order valence-electron chi connectivity index (χ0n) is 10.9. The number of rotatable bonds is 5. The molecule has 1 atom stereocenters. The summed E-state index contributed by atoms with van der Waals surface area (Å²) in [4.78, 5) is 22.2. The Morgan fingerprint density at radius 3 is 2.89 bits per heavy atom. The molecule has 1 aromatic carbocycles. The fourth-order valence-electron chi connectivity index (χ4n) is 2.67. The van der Waals surface area contributed by atoms with E-state index in [2.05, 4.69) is 17.4 Å². The molecule has 0 radical (unpaired) electrons. The van der Waals surface area contributed by atoms with Crippen molar-refractivity contribution in [3.05, 3.63) is 35.4 Å². The van der Waals surface area contributed by atoms with Crippen molar-refractivity contribution < 1.29 is 14.7 Å². The van der Waals surface area contributed by atoms with Crippen LogP contribution in [0.15, 0.2) is 24.3 Å². The molecule has 2 N–H and O–H groups in total. The third-order valence-corrected chi connectivity index (χ3v) is 3.59. The topological polar surface area (TPSA) is 66.4 Å². The van der Waals surface area contributed by atoms with Gasteiger partial charge in [0.05, 0.1) is 6.42 Å². The van der Waals surface area contributed by atoms with Crippen LogP contribution in [-0.2, 0) is 16.0 Å². The Morgan fingerprint density at radius 1 is 1.32 bits per heavy atom. The van der Waals surface area contributed by atoms with Crippen LogP contribution in [0, 0.1) is 0 Å². The van der Waals surface area contributed by atoms with Crippen LogP contribution in [0.25, 0.3) is 0 Å². The third-order valence-electron chi connectivity index (χ3n) is 3.59. The molecule has 4 nitrogen and oxygen atoms in total. The summed E-state index contributed by atoms with van der Waals surface area (Å²) in [7, 11) is 0. The average molecular weight is 261 g/mol. The molecule has 0 saturated carbocycles. The van der Waals surface area contributed by atoms with Crippen LogP contribution in [0.2, 0.25) is 0 Å². The first-order chi connectivity index (χ1) is 9.16. The van der Waals surface area contributed by atoms with Crippen LogP contribution >= 0.6 is 0 Å². The summed E-state index contributed by atoms with van der Waals surface area (Å²) in [6.07, 6.45) is 3.67. The Balaban J connectivity index is 1.90. The molecule has 1 aliphatic rings. The van der Waals surface area contributed by atoms with Gasteiger partial charge >= 0.3 is 5.97 Å². The van der Waals surface area contributed by atoms with Gasteiger partial charge in [0.25, 0.3) is 0 Å². The molecule has 1 aromatic rings. The second kappa shape index (κ2) is 6.36. The highest BCUT2D eigenvalue weighted by molar-refractivity contribution is 5.77. The molecule has 102 valence electrons. The van der Waals surface area contributed by atoms with E-state index in [0.29, 0.717) is 6.42 Å². The number of benzene rings is 1. The van der Waals surface area contributed by atoms with Crippen LogP contribution in [-0.4, -0.2) is 23.5 Å². The van der Waals surface area contributed by atoms with Gasteiger partial charge in [-0.15, -0.1) is 0 Å². The standard InChI is InChI=1S/C15H19NO3/c17-14(16-9-8-15(18)19)10-12-6-3-5-11-4-1-2-7-13(11)12/h1-2,4,7,12H,3,5-6,8-10H2,(H,16,17)(H,18,19). The van der Waals surface area contributed by atoms with E-state index in [1.807, 2.05) is 12.1 Å². The van der Waals surface area contributed by atoms with Crippen molar-refractivity contribution >= 4 is 11.9 Å². The molecule has 0 fully saturated rings. The number of carbonyl (C=O) groups is 2. The van der Waals surface area contributed by atoms with Crippen molar-refractivity contribution in [3.63, 3.8) is 0 Å². The zero-order chi connectivity index (χ0) is 13.7. The van der Waals surface area contributed by atoms with Gasteiger partial charge in [-0.1, -0.05) is 24.3 Å². The molecule has 0 aliphatic heterocycles. The summed E-state index contributed by atoms with van der Waals surface area (Å²) in [6.45, 7) is 0.211. The molecule has 0 saturated heterocycles. The second-order valence-corrected chi connectivity index (χ2v) is 4.99. The van der Waals surface area contributed by atoms with E-state index in [1.54, 1.807) is 0 Å². The summed E-state index contributed by atoms with van der Waals surface area (Å²) in [5, 5.41) is 11.2. The molecule has 19 heavy (non-hydrogen) atoms. The molecule has 0 heterocycles. The SMILES string of the molecule is O=C(O)CCNC(=O)CC1CCCc2ccccc21. The van der Waals surface area contributed by atoms with Gasteiger partial charge in [-0.05, 0) is 36.3 Å². The van der Waals surface area contributed by atoms with E-state index < -0.39 is 5.97 Å². The van der Waals surface area contributed by atoms with Gasteiger partial charge in [0, 0.05) is 13.0 Å². The van der Waals surface area contributed by atoms with Gasteiger partial charge in [0.2, 0.25) is 5.91 Å². The largest absolute Gasteiger partial charge is 0.481 e. The lowest BCUT2D eigenvalue weighted by molar-refractivity contribution is -0.136. The Hall–Kier alpha value is -1.84. The fraction of sp³-hybridized carbons (Fsp3) is 0.467. The molecule has 0 spiro atoms. The van der Waals surface area contributed by atoms with Crippen LogP contribution in [0.1, 0.15) is 42.7 Å². The predicted octanol–water partition coefficient (Wildman–Crippen LogP) is 2.09. The van der Waals surface area contributed by atoms with E-state index in [0.717, 1.165) is 19.3 Å². The number of aryl methyl sites for hydroxylation is 1. The van der Waals surface area contributed by atoms with Gasteiger partial charge in [-0.2, -0.15) is 0 Å². The van der Waals surface area contributed by atoms with Crippen LogP contribution in [0.5, 0.6) is 0 Å². The number of nitrogens with one attached hydrogen (secondary N) is 1. The number of fused-ring (bicyclic) bond motifs is 1. The molecular weight excluding hydrogens is 242 g/mol. The Labute approximate surface area is 112 Å². The highest BCUT2D eigenvalue weighted by atomic mass is 16.4. The van der Waals surface area contributed by atoms with Gasteiger partial charge in [-0.3, -0.25) is 9.59 Å². The molecule has 4 heteroatoms. The van der Waals surface area contributed by atoms with E-state index in [4.69, 9.17) is 5.11 Å². The molecule has 1 unspecified atom stereocenters. The Bertz CT molecular complexity index is 470. The smallest absolute Gasteiger partial charge is 0.305 e. The van der Waals surface area contributed by atoms with Gasteiger partial charge in [0.15, 0.2) is 0 Å². The first-order valence-corrected chi connectivity index (χ1v) is 6.73. The summed E-state index contributed by atoms with van der Waals surface area (Å²) in [5.41, 5.74) is 2.62. The number of carbonyl (C=O) groups excluding carboxylic acids is 1. The maximum atomic E-state index is 11.8. The first-order valence-electron chi connectivity index (χ1n) is 6.73. The van der Waals surface area contributed by atoms with Crippen molar-refractivity contribution in [2.75, 3.05) is 6.54 Å². The summed E-state index contributed by atoms with van der Waals surface area (Å²) in [5.74, 6) is -0.666. The fourth-order valence-corrected chi connectivity index (χ4v) is 2.67. The quantitative estimate of drug-likeness (QED) is 0.853. The van der Waals surface area contributed by atoms with E-state index >= 15 is 0 Å². The average Bonchev–Trinajstić information content (AvgIpc) is 2.39. The van der Waals surface area contributed by atoms with E-state index in [-0.39, 0.29) is 24.8 Å². The minimum Gasteiger partial charge on any atom is -0.481 e. The number of hydrogen-bond donors (Lipinski definition) is 2. The molecule has 0 aromatic heterocycles. The Kier molecular flexibility index (Phi) is 4.55. The van der Waals surface area contributed by atoms with Crippen LogP contribution < -0.4 is 5.32 Å². The highest BCUT2D eigenvalue weighted by Gasteiger charge is 2.22. The van der Waals surface area contributed by atoms with Crippen molar-refractivity contribution in [1.29, 1.82) is 0 Å². The molecular formula is C15H19NO3. The monoisotopic (exact) mass is 261 g/mol. The predicted molar refractivity (Wildman–Crippen MR) is 72.0 cm³/mol. The lowest BCUT2D eigenvalue weighted by Gasteiger charge is -2.24. The van der Waals surface area contributed by atoms with Crippen molar-refractivity contribution in [2.24, 2.45) is 0 Å². The van der Waals surface area contributed by atoms with Gasteiger partial charge in [-0.25, -0.2) is 0 Å². The van der Waals surface area contributed by atoms with Crippen LogP contribution in [0.4, 0.5) is 0 Å². The summed E-state index contributed by atoms with van der Waals surface area (Å²) >= 11 is 0. The summed E-state index contributed by atoms with van der Waals surface area (Å²) in [6, 6.07) is 8.28. The molecule has 1 amide bonds. The second-order valence-electron chi connectivity index (χ2n) is 4.99. The number of amides is 1. The molecule has 2 rings (SSSR count). The van der Waals surface area contributed by atoms with Crippen LogP contribution in [0.3, 0.4) is 0 Å². The first kappa shape index (κ1) is 13.6. The minimum absolute atomic E-state index is 0.0208. The molecule has 0 bridgehead atoms. The normalized spacial score (nSPS) is 17.6.